The zero-order valence-corrected chi connectivity index (χ0v) is 11.0. The van der Waals surface area contributed by atoms with Gasteiger partial charge in [0, 0.05) is 12.8 Å². The van der Waals surface area contributed by atoms with Crippen LogP contribution < -0.4 is 5.73 Å². The molecule has 1 unspecified atom stereocenters. The molecule has 0 saturated carbocycles. The Morgan fingerprint density at radius 1 is 1.35 bits per heavy atom. The van der Waals surface area contributed by atoms with Gasteiger partial charge >= 0.3 is 6.18 Å². The van der Waals surface area contributed by atoms with Crippen LogP contribution in [0.3, 0.4) is 0 Å². The second-order valence-corrected chi connectivity index (χ2v) is 4.77. The van der Waals surface area contributed by atoms with Gasteiger partial charge in [0.15, 0.2) is 5.90 Å². The highest BCUT2D eigenvalue weighted by molar-refractivity contribution is 5.77. The third-order valence-electron chi connectivity index (χ3n) is 3.09. The monoisotopic (exact) mass is 286 g/mol. The van der Waals surface area contributed by atoms with Crippen LogP contribution in [0.4, 0.5) is 13.2 Å². The Morgan fingerprint density at radius 3 is 2.85 bits per heavy atom. The number of nitrogens with zero attached hydrogens (tertiary/aromatic N) is 1. The van der Waals surface area contributed by atoms with E-state index in [9.17, 15) is 13.2 Å². The number of hydrogen-bond acceptors (Lipinski definition) is 3. The predicted molar refractivity (Wildman–Crippen MR) is 70.6 cm³/mol. The maximum Gasteiger partial charge on any atom is 0.416 e. The molecule has 2 rings (SSSR count). The van der Waals surface area contributed by atoms with Crippen LogP contribution in [0, 0.1) is 0 Å². The summed E-state index contributed by atoms with van der Waals surface area (Å²) in [5.41, 5.74) is 5.39. The third-order valence-corrected chi connectivity index (χ3v) is 3.09. The Labute approximate surface area is 115 Å². The zero-order valence-electron chi connectivity index (χ0n) is 11.0. The lowest BCUT2D eigenvalue weighted by Gasteiger charge is -2.13. The van der Waals surface area contributed by atoms with Gasteiger partial charge in [-0.15, -0.1) is 0 Å². The summed E-state index contributed by atoms with van der Waals surface area (Å²) < 4.78 is 43.5. The summed E-state index contributed by atoms with van der Waals surface area (Å²) in [4.78, 5) is 4.24. The number of ether oxygens (including phenoxy) is 1. The van der Waals surface area contributed by atoms with Crippen molar-refractivity contribution >= 4 is 5.90 Å². The molecule has 1 aliphatic rings. The van der Waals surface area contributed by atoms with Crippen molar-refractivity contribution in [3.8, 4) is 0 Å². The van der Waals surface area contributed by atoms with Crippen molar-refractivity contribution in [2.45, 2.75) is 31.5 Å². The molecule has 0 amide bonds. The molecule has 0 spiro atoms. The maximum absolute atomic E-state index is 12.6. The molecule has 0 aromatic heterocycles. The first-order chi connectivity index (χ1) is 9.49. The van der Waals surface area contributed by atoms with Crippen LogP contribution in [0.5, 0.6) is 0 Å². The van der Waals surface area contributed by atoms with Crippen molar-refractivity contribution < 1.29 is 17.9 Å². The molecular formula is C14H17F3N2O. The molecule has 1 aliphatic heterocycles. The Balaban J connectivity index is 1.92. The van der Waals surface area contributed by atoms with Gasteiger partial charge in [-0.25, -0.2) is 0 Å². The third kappa shape index (κ3) is 3.96. The molecule has 0 saturated heterocycles. The number of benzene rings is 1. The van der Waals surface area contributed by atoms with Crippen LogP contribution in [0.15, 0.2) is 29.3 Å². The highest BCUT2D eigenvalue weighted by Crippen LogP contribution is 2.30. The predicted octanol–water partition coefficient (Wildman–Crippen LogP) is 2.78. The summed E-state index contributed by atoms with van der Waals surface area (Å²) in [7, 11) is 0. The zero-order chi connectivity index (χ0) is 14.6. The fraction of sp³-hybridized carbons (Fsp3) is 0.500. The van der Waals surface area contributed by atoms with E-state index in [0.717, 1.165) is 12.5 Å². The van der Waals surface area contributed by atoms with Crippen LogP contribution in [0.1, 0.15) is 24.0 Å². The molecule has 1 atom stereocenters. The summed E-state index contributed by atoms with van der Waals surface area (Å²) in [6.07, 6.45) is -2.56. The lowest BCUT2D eigenvalue weighted by molar-refractivity contribution is -0.137. The highest BCUT2D eigenvalue weighted by atomic mass is 19.4. The molecule has 20 heavy (non-hydrogen) atoms. The van der Waals surface area contributed by atoms with Gasteiger partial charge in [-0.1, -0.05) is 18.2 Å². The van der Waals surface area contributed by atoms with E-state index in [-0.39, 0.29) is 6.10 Å². The fourth-order valence-corrected chi connectivity index (χ4v) is 2.11. The molecule has 1 aromatic rings. The van der Waals surface area contributed by atoms with Gasteiger partial charge in [-0.3, -0.25) is 4.99 Å². The van der Waals surface area contributed by atoms with Crippen molar-refractivity contribution in [3.05, 3.63) is 35.4 Å². The molecule has 1 aromatic carbocycles. The molecule has 0 fully saturated rings. The first kappa shape index (κ1) is 14.8. The van der Waals surface area contributed by atoms with Gasteiger partial charge in [0.1, 0.15) is 6.10 Å². The van der Waals surface area contributed by atoms with E-state index in [1.807, 2.05) is 0 Å². The Bertz CT molecular complexity index is 486. The summed E-state index contributed by atoms with van der Waals surface area (Å²) in [6, 6.07) is 5.34. The van der Waals surface area contributed by atoms with E-state index in [4.69, 9.17) is 10.5 Å². The van der Waals surface area contributed by atoms with Crippen molar-refractivity contribution in [2.24, 2.45) is 10.7 Å². The SMILES string of the molecule is NCCCC1=NCC(Cc2cccc(C(F)(F)F)c2)O1. The van der Waals surface area contributed by atoms with Crippen LogP contribution in [-0.2, 0) is 17.3 Å². The second kappa shape index (κ2) is 6.26. The molecule has 6 heteroatoms. The number of rotatable bonds is 5. The van der Waals surface area contributed by atoms with Gasteiger partial charge in [0.25, 0.3) is 0 Å². The number of alkyl halides is 3. The minimum atomic E-state index is -4.31. The summed E-state index contributed by atoms with van der Waals surface area (Å²) in [5.74, 6) is 0.660. The second-order valence-electron chi connectivity index (χ2n) is 4.77. The van der Waals surface area contributed by atoms with Crippen molar-refractivity contribution in [1.29, 1.82) is 0 Å². The van der Waals surface area contributed by atoms with Crippen LogP contribution in [0.2, 0.25) is 0 Å². The molecule has 0 radical (unpaired) electrons. The van der Waals surface area contributed by atoms with Crippen LogP contribution in [0.25, 0.3) is 0 Å². The van der Waals surface area contributed by atoms with E-state index < -0.39 is 11.7 Å². The van der Waals surface area contributed by atoms with Crippen LogP contribution in [-0.4, -0.2) is 25.1 Å². The number of nitrogens with two attached hydrogens (primary N) is 1. The molecule has 3 nitrogen and oxygen atoms in total. The number of halogens is 3. The molecule has 1 heterocycles. The van der Waals surface area contributed by atoms with Gasteiger partial charge in [0.2, 0.25) is 0 Å². The van der Waals surface area contributed by atoms with E-state index in [0.29, 0.717) is 37.4 Å². The van der Waals surface area contributed by atoms with E-state index in [2.05, 4.69) is 4.99 Å². The normalized spacial score (nSPS) is 18.8. The number of hydrogen-bond donors (Lipinski definition) is 1. The Morgan fingerprint density at radius 2 is 2.15 bits per heavy atom. The fourth-order valence-electron chi connectivity index (χ4n) is 2.11. The van der Waals surface area contributed by atoms with E-state index >= 15 is 0 Å². The maximum atomic E-state index is 12.6. The average Bonchev–Trinajstić information content (AvgIpc) is 2.83. The average molecular weight is 286 g/mol. The highest BCUT2D eigenvalue weighted by Gasteiger charge is 2.30. The van der Waals surface area contributed by atoms with Crippen molar-refractivity contribution in [3.63, 3.8) is 0 Å². The van der Waals surface area contributed by atoms with E-state index in [1.54, 1.807) is 6.07 Å². The van der Waals surface area contributed by atoms with Gasteiger partial charge in [-0.05, 0) is 24.6 Å². The minimum Gasteiger partial charge on any atom is -0.475 e. The standard InChI is InChI=1S/C14H17F3N2O/c15-14(16,17)11-4-1-3-10(7-11)8-12-9-19-13(20-12)5-2-6-18/h1,3-4,7,12H,2,5-6,8-9,18H2. The Hall–Kier alpha value is -1.56. The molecular weight excluding hydrogens is 269 g/mol. The summed E-state index contributed by atoms with van der Waals surface area (Å²) in [5, 5.41) is 0. The first-order valence-corrected chi connectivity index (χ1v) is 6.55. The molecule has 0 bridgehead atoms. The quantitative estimate of drug-likeness (QED) is 0.904. The topological polar surface area (TPSA) is 47.6 Å². The Kier molecular flexibility index (Phi) is 4.65. The van der Waals surface area contributed by atoms with Crippen LogP contribution >= 0.6 is 0 Å². The van der Waals surface area contributed by atoms with Gasteiger partial charge < -0.3 is 10.5 Å². The smallest absolute Gasteiger partial charge is 0.416 e. The molecule has 2 N–H and O–H groups in total. The molecule has 0 aliphatic carbocycles. The number of aliphatic imine (C=N–C) groups is 1. The van der Waals surface area contributed by atoms with Gasteiger partial charge in [-0.2, -0.15) is 13.2 Å². The van der Waals surface area contributed by atoms with Crippen molar-refractivity contribution in [2.75, 3.05) is 13.1 Å². The first-order valence-electron chi connectivity index (χ1n) is 6.55. The summed E-state index contributed by atoms with van der Waals surface area (Å²) in [6.45, 7) is 1.07. The van der Waals surface area contributed by atoms with Gasteiger partial charge in [0.05, 0.1) is 12.1 Å². The minimum absolute atomic E-state index is 0.175. The lowest BCUT2D eigenvalue weighted by atomic mass is 10.0. The largest absolute Gasteiger partial charge is 0.475 e. The van der Waals surface area contributed by atoms with E-state index in [1.165, 1.54) is 12.1 Å². The summed E-state index contributed by atoms with van der Waals surface area (Å²) >= 11 is 0. The molecule has 110 valence electrons. The van der Waals surface area contributed by atoms with Crippen molar-refractivity contribution in [1.82, 2.24) is 0 Å². The lowest BCUT2D eigenvalue weighted by Crippen LogP contribution is -2.17.